The van der Waals surface area contributed by atoms with Gasteiger partial charge in [0.05, 0.1) is 29.6 Å². The molecule has 1 saturated heterocycles. The van der Waals surface area contributed by atoms with Gasteiger partial charge in [-0.2, -0.15) is 10.1 Å². The highest BCUT2D eigenvalue weighted by molar-refractivity contribution is 7.09. The van der Waals surface area contributed by atoms with E-state index in [1.807, 2.05) is 5.92 Å². The van der Waals surface area contributed by atoms with E-state index in [4.69, 9.17) is 33.2 Å². The van der Waals surface area contributed by atoms with Gasteiger partial charge in [-0.3, -0.25) is 0 Å². The van der Waals surface area contributed by atoms with Crippen LogP contribution in [0, 0.1) is 12.3 Å². The van der Waals surface area contributed by atoms with Crippen molar-refractivity contribution in [1.29, 1.82) is 0 Å². The van der Waals surface area contributed by atoms with E-state index in [1.54, 1.807) is 5.38 Å². The van der Waals surface area contributed by atoms with Gasteiger partial charge in [0.25, 0.3) is 5.60 Å². The molecule has 0 unspecified atom stereocenters. The SMILES string of the molecule is C#C[C@@]1(O)[C@@H](COC(Cc2nccs2)(C(=O)O)C(=O)O)O[C@@H](n2ncc3c(N)nc(Cl)nc32)[C@@H]1O. The van der Waals surface area contributed by atoms with Gasteiger partial charge in [-0.15, -0.1) is 17.8 Å². The van der Waals surface area contributed by atoms with Crippen LogP contribution in [0.4, 0.5) is 5.82 Å². The maximum Gasteiger partial charge on any atom is 0.348 e. The molecule has 6 N–H and O–H groups in total. The van der Waals surface area contributed by atoms with Crippen molar-refractivity contribution >= 4 is 51.7 Å². The van der Waals surface area contributed by atoms with Crippen molar-refractivity contribution in [3.8, 4) is 12.3 Å². The molecule has 0 aromatic carbocycles. The van der Waals surface area contributed by atoms with Gasteiger partial charge in [-0.25, -0.2) is 24.2 Å². The molecule has 3 aromatic heterocycles. The Morgan fingerprint density at radius 1 is 1.40 bits per heavy atom. The number of aromatic nitrogens is 5. The molecule has 0 bridgehead atoms. The number of terminal acetylenes is 1. The summed E-state index contributed by atoms with van der Waals surface area (Å²) in [4.78, 5) is 35.7. The first kappa shape index (κ1) is 24.7. The molecular formula is C19H17ClN6O8S. The summed E-state index contributed by atoms with van der Waals surface area (Å²) in [5, 5.41) is 47.1. The number of nitrogens with two attached hydrogens (primary N) is 1. The van der Waals surface area contributed by atoms with Crippen molar-refractivity contribution in [2.45, 2.75) is 36.1 Å². The lowest BCUT2D eigenvalue weighted by molar-refractivity contribution is -0.191. The summed E-state index contributed by atoms with van der Waals surface area (Å²) in [7, 11) is 0. The molecule has 1 fully saturated rings. The zero-order valence-electron chi connectivity index (χ0n) is 17.5. The molecule has 35 heavy (non-hydrogen) atoms. The second-order valence-corrected chi connectivity index (χ2v) is 8.80. The highest BCUT2D eigenvalue weighted by atomic mass is 35.5. The molecule has 0 amide bonds. The van der Waals surface area contributed by atoms with Crippen molar-refractivity contribution in [3.05, 3.63) is 28.1 Å². The minimum atomic E-state index is -2.77. The second-order valence-electron chi connectivity index (χ2n) is 7.49. The third-order valence-corrected chi connectivity index (χ3v) is 6.45. The smallest absolute Gasteiger partial charge is 0.348 e. The number of aliphatic carboxylic acids is 2. The predicted octanol–water partition coefficient (Wildman–Crippen LogP) is -0.692. The Labute approximate surface area is 204 Å². The minimum absolute atomic E-state index is 0.000665. The Balaban J connectivity index is 1.65. The number of carbonyl (C=O) groups is 2. The van der Waals surface area contributed by atoms with Gasteiger partial charge in [-0.1, -0.05) is 5.92 Å². The Kier molecular flexibility index (Phi) is 6.36. The van der Waals surface area contributed by atoms with Gasteiger partial charge in [-0.05, 0) is 11.6 Å². The number of anilines is 1. The number of thiazole rings is 1. The molecule has 4 rings (SSSR count). The molecule has 16 heteroatoms. The fourth-order valence-electron chi connectivity index (χ4n) is 3.58. The molecular weight excluding hydrogens is 508 g/mol. The largest absolute Gasteiger partial charge is 0.479 e. The average Bonchev–Trinajstić information content (AvgIpc) is 3.51. The molecule has 0 spiro atoms. The van der Waals surface area contributed by atoms with Crippen molar-refractivity contribution in [2.75, 3.05) is 12.3 Å². The van der Waals surface area contributed by atoms with E-state index >= 15 is 0 Å². The summed E-state index contributed by atoms with van der Waals surface area (Å²) in [6, 6.07) is 0. The predicted molar refractivity (Wildman–Crippen MR) is 118 cm³/mol. The highest BCUT2D eigenvalue weighted by Crippen LogP contribution is 2.39. The molecule has 3 aromatic rings. The van der Waals surface area contributed by atoms with Crippen LogP contribution in [0.2, 0.25) is 5.28 Å². The van der Waals surface area contributed by atoms with E-state index < -0.39 is 54.6 Å². The number of ether oxygens (including phenoxy) is 2. The molecule has 1 aliphatic heterocycles. The number of rotatable bonds is 8. The van der Waals surface area contributed by atoms with Crippen molar-refractivity contribution in [3.63, 3.8) is 0 Å². The van der Waals surface area contributed by atoms with E-state index in [0.717, 1.165) is 16.0 Å². The number of hydrogen-bond acceptors (Lipinski definition) is 12. The lowest BCUT2D eigenvalue weighted by Gasteiger charge is -2.29. The molecule has 184 valence electrons. The molecule has 0 aliphatic carbocycles. The highest BCUT2D eigenvalue weighted by Gasteiger charge is 2.58. The van der Waals surface area contributed by atoms with Gasteiger partial charge in [0.2, 0.25) is 5.28 Å². The van der Waals surface area contributed by atoms with Crippen LogP contribution in [0.1, 0.15) is 11.2 Å². The van der Waals surface area contributed by atoms with Gasteiger partial charge >= 0.3 is 11.9 Å². The summed E-state index contributed by atoms with van der Waals surface area (Å²) in [6.45, 7) is -0.824. The average molecular weight is 525 g/mol. The van der Waals surface area contributed by atoms with E-state index in [0.29, 0.717) is 0 Å². The molecule has 0 radical (unpaired) electrons. The van der Waals surface area contributed by atoms with Gasteiger partial charge < -0.3 is 35.6 Å². The minimum Gasteiger partial charge on any atom is -0.479 e. The zero-order valence-corrected chi connectivity index (χ0v) is 19.0. The first-order valence-corrected chi connectivity index (χ1v) is 11.0. The molecule has 14 nitrogen and oxygen atoms in total. The molecule has 4 atom stereocenters. The number of halogens is 1. The summed E-state index contributed by atoms with van der Waals surface area (Å²) in [5.74, 6) is -1.60. The Bertz CT molecular complexity index is 1310. The standard InChI is InChI=1S/C19H17ClN6O8S/c1-2-18(32)9(7-33-19(15(28)29,16(30)31)5-10-22-3-4-35-10)34-14(11(18)27)26-13-8(6-23-26)12(21)24-17(20)25-13/h1,3-4,6,9,11,14,27,32H,5,7H2,(H,28,29)(H,30,31)(H2,21,24,25)/t9-,11+,14-,18-/m1/s1. The maximum atomic E-state index is 12.0. The topological polar surface area (TPSA) is 216 Å². The van der Waals surface area contributed by atoms with Gasteiger partial charge in [0.1, 0.15) is 18.0 Å². The monoisotopic (exact) mass is 524 g/mol. The fourth-order valence-corrected chi connectivity index (χ4v) is 4.44. The van der Waals surface area contributed by atoms with Gasteiger partial charge in [0, 0.05) is 11.6 Å². The fraction of sp³-hybridized carbons (Fsp3) is 0.368. The zero-order chi connectivity index (χ0) is 25.5. The van der Waals surface area contributed by atoms with E-state index in [-0.39, 0.29) is 27.1 Å². The number of nitrogen functional groups attached to an aromatic ring is 1. The van der Waals surface area contributed by atoms with Crippen LogP contribution in [0.25, 0.3) is 11.0 Å². The maximum absolute atomic E-state index is 12.0. The number of carboxylic acids is 2. The number of nitrogens with zero attached hydrogens (tertiary/aromatic N) is 5. The van der Waals surface area contributed by atoms with Crippen molar-refractivity contribution in [1.82, 2.24) is 24.7 Å². The first-order chi connectivity index (χ1) is 16.5. The summed E-state index contributed by atoms with van der Waals surface area (Å²) < 4.78 is 12.1. The number of aliphatic hydroxyl groups is 2. The lowest BCUT2D eigenvalue weighted by Crippen LogP contribution is -2.55. The van der Waals surface area contributed by atoms with Crippen LogP contribution in [-0.2, 0) is 25.5 Å². The molecule has 1 aliphatic rings. The van der Waals surface area contributed by atoms with Crippen LogP contribution < -0.4 is 5.73 Å². The van der Waals surface area contributed by atoms with E-state index in [9.17, 15) is 30.0 Å². The Morgan fingerprint density at radius 2 is 2.11 bits per heavy atom. The second kappa shape index (κ2) is 9.00. The van der Waals surface area contributed by atoms with Gasteiger partial charge in [0.15, 0.2) is 17.5 Å². The van der Waals surface area contributed by atoms with E-state index in [2.05, 4.69) is 20.1 Å². The third-order valence-electron chi connectivity index (χ3n) is 5.50. The number of hydrogen-bond donors (Lipinski definition) is 5. The van der Waals surface area contributed by atoms with Crippen LogP contribution in [0.3, 0.4) is 0 Å². The van der Waals surface area contributed by atoms with Crippen molar-refractivity contribution in [2.24, 2.45) is 0 Å². The lowest BCUT2D eigenvalue weighted by atomic mass is 9.93. The summed E-state index contributed by atoms with van der Waals surface area (Å²) >= 11 is 6.90. The number of fused-ring (bicyclic) bond motifs is 1. The normalized spacial score (nSPS) is 24.5. The first-order valence-electron chi connectivity index (χ1n) is 9.72. The third kappa shape index (κ3) is 4.05. The van der Waals surface area contributed by atoms with Crippen LogP contribution in [-0.4, -0.2) is 87.1 Å². The Morgan fingerprint density at radius 3 is 2.71 bits per heavy atom. The molecule has 0 saturated carbocycles. The van der Waals surface area contributed by atoms with Crippen LogP contribution >= 0.6 is 22.9 Å². The summed E-state index contributed by atoms with van der Waals surface area (Å²) in [5.41, 5.74) is 0.674. The quantitative estimate of drug-likeness (QED) is 0.140. The summed E-state index contributed by atoms with van der Waals surface area (Å²) in [6.07, 6.45) is 2.67. The van der Waals surface area contributed by atoms with Crippen molar-refractivity contribution < 1.29 is 39.5 Å². The Hall–Kier alpha value is -3.39. The molecule has 4 heterocycles. The number of aliphatic hydroxyl groups excluding tert-OH is 1. The number of carboxylic acid groups (broad SMARTS) is 2. The van der Waals surface area contributed by atoms with Crippen LogP contribution in [0.15, 0.2) is 17.8 Å². The van der Waals surface area contributed by atoms with Crippen LogP contribution in [0.5, 0.6) is 0 Å². The van der Waals surface area contributed by atoms with E-state index in [1.165, 1.54) is 12.4 Å².